The Labute approximate surface area is 202 Å². The molecule has 1 aliphatic heterocycles. The van der Waals surface area contributed by atoms with E-state index in [0.717, 1.165) is 37.2 Å². The summed E-state index contributed by atoms with van der Waals surface area (Å²) in [4.78, 5) is 0. The number of hydrogen-bond acceptors (Lipinski definition) is 1. The molecule has 160 valence electrons. The lowest BCUT2D eigenvalue weighted by Gasteiger charge is -2.37. The second-order valence-corrected chi connectivity index (χ2v) is 8.93. The number of allylic oxidation sites excluding steroid dienone is 2. The Kier molecular flexibility index (Phi) is 6.65. The average molecular weight is 523 g/mol. The predicted molar refractivity (Wildman–Crippen MR) is 127 cm³/mol. The average Bonchev–Trinajstić information content (AvgIpc) is 3.04. The van der Waals surface area contributed by atoms with Gasteiger partial charge in [0.1, 0.15) is 13.1 Å². The van der Waals surface area contributed by atoms with Crippen LogP contribution in [0.15, 0.2) is 72.3 Å². The highest BCUT2D eigenvalue weighted by molar-refractivity contribution is 6.07. The number of ether oxygens (including phenoxy) is 1. The van der Waals surface area contributed by atoms with Crippen LogP contribution in [0.4, 0.5) is 0 Å². The van der Waals surface area contributed by atoms with Gasteiger partial charge in [0.25, 0.3) is 0 Å². The van der Waals surface area contributed by atoms with Crippen LogP contribution in [0.3, 0.4) is 0 Å². The lowest BCUT2D eigenvalue weighted by atomic mass is 9.97. The van der Waals surface area contributed by atoms with Gasteiger partial charge in [-0.1, -0.05) is 66.7 Å². The van der Waals surface area contributed by atoms with Gasteiger partial charge in [0.05, 0.1) is 26.8 Å². The van der Waals surface area contributed by atoms with Crippen molar-refractivity contribution in [3.63, 3.8) is 0 Å². The highest BCUT2D eigenvalue weighted by Gasteiger charge is 2.29. The smallest absolute Gasteiger partial charge is 0.102 e. The van der Waals surface area contributed by atoms with Crippen LogP contribution in [-0.2, 0) is 4.74 Å². The molecule has 31 heavy (non-hydrogen) atoms. The molecule has 1 heterocycles. The van der Waals surface area contributed by atoms with Crippen LogP contribution < -0.4 is 24.0 Å². The Morgan fingerprint density at radius 3 is 2.35 bits per heavy atom. The van der Waals surface area contributed by atoms with E-state index in [1.807, 2.05) is 0 Å². The fourth-order valence-electron chi connectivity index (χ4n) is 4.98. The van der Waals surface area contributed by atoms with Gasteiger partial charge in [-0.3, -0.25) is 0 Å². The third kappa shape index (κ3) is 4.36. The largest absolute Gasteiger partial charge is 1.00 e. The number of rotatable bonds is 4. The maximum absolute atomic E-state index is 5.60. The van der Waals surface area contributed by atoms with E-state index in [1.54, 1.807) is 0 Å². The molecule has 1 fully saturated rings. The van der Waals surface area contributed by atoms with Crippen LogP contribution in [0.25, 0.3) is 28.0 Å². The normalized spacial score (nSPS) is 18.8. The first-order valence-corrected chi connectivity index (χ1v) is 11.1. The van der Waals surface area contributed by atoms with E-state index in [1.165, 1.54) is 50.7 Å². The molecule has 2 aliphatic rings. The Morgan fingerprint density at radius 1 is 0.871 bits per heavy atom. The highest BCUT2D eigenvalue weighted by Crippen LogP contribution is 2.44. The summed E-state index contributed by atoms with van der Waals surface area (Å²) in [6, 6.07) is 24.2. The number of nitrogens with zero attached hydrogens (tertiary/aromatic N) is 1. The number of fused-ring (bicyclic) bond motifs is 2. The zero-order valence-electron chi connectivity index (χ0n) is 18.4. The zero-order chi connectivity index (χ0) is 20.6. The Hall–Kier alpha value is -1.95. The van der Waals surface area contributed by atoms with Crippen LogP contribution in [0, 0.1) is 0 Å². The summed E-state index contributed by atoms with van der Waals surface area (Å²) in [7, 11) is 2.38. The number of quaternary nitrogens is 1. The lowest BCUT2D eigenvalue weighted by Crippen LogP contribution is -3.00. The van der Waals surface area contributed by atoms with E-state index >= 15 is 0 Å². The first kappa shape index (κ1) is 22.3. The molecule has 0 unspecified atom stereocenters. The first-order chi connectivity index (χ1) is 14.6. The second kappa shape index (κ2) is 9.27. The minimum absolute atomic E-state index is 0. The van der Waals surface area contributed by atoms with E-state index in [0.29, 0.717) is 0 Å². The summed E-state index contributed by atoms with van der Waals surface area (Å²) in [5.41, 5.74) is 8.42. The second-order valence-electron chi connectivity index (χ2n) is 8.93. The number of halogens is 1. The Balaban J connectivity index is 0.00000231. The van der Waals surface area contributed by atoms with E-state index in [2.05, 4.69) is 86.8 Å². The van der Waals surface area contributed by atoms with Gasteiger partial charge in [0.15, 0.2) is 0 Å². The van der Waals surface area contributed by atoms with Gasteiger partial charge in [-0.15, -0.1) is 0 Å². The van der Waals surface area contributed by atoms with Gasteiger partial charge in [0.2, 0.25) is 0 Å². The summed E-state index contributed by atoms with van der Waals surface area (Å²) in [5, 5.41) is 2.61. The van der Waals surface area contributed by atoms with Crippen LogP contribution in [0.5, 0.6) is 0 Å². The van der Waals surface area contributed by atoms with Gasteiger partial charge in [-0.2, -0.15) is 0 Å². The summed E-state index contributed by atoms with van der Waals surface area (Å²) in [5.74, 6) is 0. The number of benzene rings is 3. The minimum Gasteiger partial charge on any atom is -1.00 e. The fourth-order valence-corrected chi connectivity index (χ4v) is 4.98. The standard InChI is InChI=1S/C28H30NO.HI/c1-21-24(14-15-29(2)16-18-30-19-17-29)26-12-5-6-13-27(26)28(21)20-23-10-7-9-22-8-3-4-11-25(22)23;/h3-13,20H,14-19H2,1-2H3;1H/q+1;/p-1/b28-20+;. The van der Waals surface area contributed by atoms with E-state index in [-0.39, 0.29) is 24.0 Å². The molecule has 0 radical (unpaired) electrons. The van der Waals surface area contributed by atoms with Crippen molar-refractivity contribution in [2.45, 2.75) is 13.3 Å². The van der Waals surface area contributed by atoms with Gasteiger partial charge < -0.3 is 33.2 Å². The molecule has 0 N–H and O–H groups in total. The molecule has 1 saturated heterocycles. The van der Waals surface area contributed by atoms with E-state index < -0.39 is 0 Å². The molecule has 0 aromatic heterocycles. The quantitative estimate of drug-likeness (QED) is 0.378. The Bertz CT molecular complexity index is 1150. The van der Waals surface area contributed by atoms with E-state index in [4.69, 9.17) is 4.74 Å². The first-order valence-electron chi connectivity index (χ1n) is 11.1. The van der Waals surface area contributed by atoms with Crippen molar-refractivity contribution in [2.75, 3.05) is 39.9 Å². The summed E-state index contributed by atoms with van der Waals surface area (Å²) >= 11 is 0. The maximum Gasteiger partial charge on any atom is 0.102 e. The molecule has 0 amide bonds. The predicted octanol–water partition coefficient (Wildman–Crippen LogP) is 3.04. The number of morpholine rings is 1. The third-order valence-corrected chi connectivity index (χ3v) is 6.97. The molecule has 0 atom stereocenters. The molecule has 0 bridgehead atoms. The molecule has 5 rings (SSSR count). The summed E-state index contributed by atoms with van der Waals surface area (Å²) < 4.78 is 6.71. The van der Waals surface area contributed by atoms with Crippen molar-refractivity contribution in [1.29, 1.82) is 0 Å². The topological polar surface area (TPSA) is 9.23 Å². The van der Waals surface area contributed by atoms with Gasteiger partial charge in [-0.25, -0.2) is 0 Å². The number of hydrogen-bond donors (Lipinski definition) is 0. The van der Waals surface area contributed by atoms with Gasteiger partial charge in [-0.05, 0) is 57.2 Å². The molecule has 2 nitrogen and oxygen atoms in total. The summed E-state index contributed by atoms with van der Waals surface area (Å²) in [6.45, 7) is 7.49. The zero-order valence-corrected chi connectivity index (χ0v) is 20.6. The molecule has 3 aromatic carbocycles. The van der Waals surface area contributed by atoms with Crippen LogP contribution >= 0.6 is 0 Å². The molecular formula is C28H30INO. The highest BCUT2D eigenvalue weighted by atomic mass is 127. The maximum atomic E-state index is 5.60. The fraction of sp³-hybridized carbons (Fsp3) is 0.286. The SMILES string of the molecule is CC1=C(CC[N+]2(C)CCOCC2)c2ccccc2/C1=C/c1cccc2ccccc12.[I-]. The van der Waals surface area contributed by atoms with Gasteiger partial charge >= 0.3 is 0 Å². The van der Waals surface area contributed by atoms with Crippen molar-refractivity contribution in [3.8, 4) is 0 Å². The van der Waals surface area contributed by atoms with Crippen molar-refractivity contribution < 1.29 is 33.2 Å². The monoisotopic (exact) mass is 523 g/mol. The van der Waals surface area contributed by atoms with Crippen LogP contribution in [0.1, 0.15) is 30.0 Å². The van der Waals surface area contributed by atoms with Crippen LogP contribution in [-0.4, -0.2) is 44.4 Å². The molecule has 0 spiro atoms. The summed E-state index contributed by atoms with van der Waals surface area (Å²) in [6.07, 6.45) is 3.51. The molecule has 3 heteroatoms. The van der Waals surface area contributed by atoms with Gasteiger partial charge in [0, 0.05) is 6.42 Å². The third-order valence-electron chi connectivity index (χ3n) is 6.97. The van der Waals surface area contributed by atoms with Crippen molar-refractivity contribution in [3.05, 3.63) is 89.0 Å². The number of likely N-dealkylation sites (N-methyl/N-ethyl adjacent to an activating group) is 1. The van der Waals surface area contributed by atoms with E-state index in [9.17, 15) is 0 Å². The minimum atomic E-state index is 0. The molecule has 3 aromatic rings. The lowest BCUT2D eigenvalue weighted by molar-refractivity contribution is -0.916. The van der Waals surface area contributed by atoms with Crippen molar-refractivity contribution >= 4 is 28.0 Å². The molecule has 1 aliphatic carbocycles. The van der Waals surface area contributed by atoms with Crippen molar-refractivity contribution in [2.24, 2.45) is 0 Å². The van der Waals surface area contributed by atoms with Crippen LogP contribution in [0.2, 0.25) is 0 Å². The van der Waals surface area contributed by atoms with Crippen molar-refractivity contribution in [1.82, 2.24) is 0 Å². The molecular weight excluding hydrogens is 493 g/mol. The Morgan fingerprint density at radius 2 is 1.55 bits per heavy atom. The molecule has 0 saturated carbocycles.